The molecule has 1 aromatic carbocycles. The molecule has 1 aliphatic heterocycles. The molecular formula is C15H19NO3S. The van der Waals surface area contributed by atoms with E-state index in [9.17, 15) is 9.59 Å². The van der Waals surface area contributed by atoms with Gasteiger partial charge in [-0.2, -0.15) is 11.8 Å². The molecule has 4 nitrogen and oxygen atoms in total. The first-order valence-corrected chi connectivity index (χ1v) is 7.87. The predicted molar refractivity (Wildman–Crippen MR) is 80.0 cm³/mol. The van der Waals surface area contributed by atoms with Crippen molar-refractivity contribution in [3.05, 3.63) is 35.4 Å². The Balaban J connectivity index is 1.81. The van der Waals surface area contributed by atoms with Crippen molar-refractivity contribution in [1.82, 2.24) is 4.90 Å². The van der Waals surface area contributed by atoms with E-state index in [2.05, 4.69) is 0 Å². The Labute approximate surface area is 123 Å². The Morgan fingerprint density at radius 1 is 1.15 bits per heavy atom. The van der Waals surface area contributed by atoms with Crippen LogP contribution in [0.5, 0.6) is 0 Å². The fraction of sp³-hybridized carbons (Fsp3) is 0.467. The summed E-state index contributed by atoms with van der Waals surface area (Å²) in [6.07, 6.45) is 1.74. The van der Waals surface area contributed by atoms with Crippen LogP contribution in [0.3, 0.4) is 0 Å². The van der Waals surface area contributed by atoms with Crippen LogP contribution >= 0.6 is 11.8 Å². The van der Waals surface area contributed by atoms with Crippen LogP contribution < -0.4 is 0 Å². The van der Waals surface area contributed by atoms with E-state index in [1.807, 2.05) is 6.92 Å². The molecule has 0 aliphatic carbocycles. The number of aliphatic hydroxyl groups excluding tert-OH is 1. The monoisotopic (exact) mass is 293 g/mol. The summed E-state index contributed by atoms with van der Waals surface area (Å²) < 4.78 is 0. The summed E-state index contributed by atoms with van der Waals surface area (Å²) in [6.45, 7) is 2.64. The largest absolute Gasteiger partial charge is 0.395 e. The Kier molecular flexibility index (Phi) is 5.20. The number of nitrogens with zero attached hydrogens (tertiary/aromatic N) is 1. The van der Waals surface area contributed by atoms with Gasteiger partial charge in [-0.15, -0.1) is 0 Å². The summed E-state index contributed by atoms with van der Waals surface area (Å²) in [5.41, 5.74) is 1.03. The maximum Gasteiger partial charge on any atom is 0.261 e. The van der Waals surface area contributed by atoms with E-state index >= 15 is 0 Å². The zero-order chi connectivity index (χ0) is 14.5. The molecule has 1 heterocycles. The van der Waals surface area contributed by atoms with Crippen LogP contribution in [-0.2, 0) is 0 Å². The molecule has 1 N–H and O–H groups in total. The molecule has 1 unspecified atom stereocenters. The molecule has 0 fully saturated rings. The van der Waals surface area contributed by atoms with Gasteiger partial charge in [0.25, 0.3) is 11.8 Å². The molecule has 5 heteroatoms. The standard InChI is InChI=1S/C15H19NO3S/c1-11(10-17)20-9-5-4-8-16-14(18)12-6-2-3-7-13(12)15(16)19/h2-3,6-7,11,17H,4-5,8-10H2,1H3. The number of fused-ring (bicyclic) bond motifs is 1. The SMILES string of the molecule is CC(CO)SCCCCN1C(=O)c2ccccc2C1=O. The minimum atomic E-state index is -0.179. The Hall–Kier alpha value is -1.33. The van der Waals surface area contributed by atoms with E-state index in [1.165, 1.54) is 4.90 Å². The summed E-state index contributed by atoms with van der Waals surface area (Å²) in [4.78, 5) is 25.5. The molecule has 1 atom stereocenters. The van der Waals surface area contributed by atoms with Crippen molar-refractivity contribution in [2.75, 3.05) is 18.9 Å². The lowest BCUT2D eigenvalue weighted by atomic mass is 10.1. The zero-order valence-corrected chi connectivity index (χ0v) is 12.4. The minimum Gasteiger partial charge on any atom is -0.395 e. The first-order valence-electron chi connectivity index (χ1n) is 6.83. The third-order valence-corrected chi connectivity index (χ3v) is 4.56. The molecule has 0 bridgehead atoms. The Bertz CT molecular complexity index is 469. The van der Waals surface area contributed by atoms with Crippen molar-refractivity contribution in [2.24, 2.45) is 0 Å². The molecule has 20 heavy (non-hydrogen) atoms. The van der Waals surface area contributed by atoms with Gasteiger partial charge in [-0.3, -0.25) is 14.5 Å². The van der Waals surface area contributed by atoms with Gasteiger partial charge >= 0.3 is 0 Å². The van der Waals surface area contributed by atoms with Crippen molar-refractivity contribution >= 4 is 23.6 Å². The molecular weight excluding hydrogens is 274 g/mol. The van der Waals surface area contributed by atoms with Crippen molar-refractivity contribution < 1.29 is 14.7 Å². The first-order chi connectivity index (χ1) is 9.65. The highest BCUT2D eigenvalue weighted by Gasteiger charge is 2.34. The predicted octanol–water partition coefficient (Wildman–Crippen LogP) is 2.18. The van der Waals surface area contributed by atoms with E-state index in [0.29, 0.717) is 17.7 Å². The lowest BCUT2D eigenvalue weighted by Gasteiger charge is -2.13. The van der Waals surface area contributed by atoms with Crippen molar-refractivity contribution in [3.63, 3.8) is 0 Å². The summed E-state index contributed by atoms with van der Waals surface area (Å²) in [7, 11) is 0. The van der Waals surface area contributed by atoms with Gasteiger partial charge in [0.05, 0.1) is 17.7 Å². The third-order valence-electron chi connectivity index (χ3n) is 3.31. The number of unbranched alkanes of at least 4 members (excludes halogenated alkanes) is 1. The number of imide groups is 1. The maximum absolute atomic E-state index is 12.1. The van der Waals surface area contributed by atoms with Gasteiger partial charge in [0, 0.05) is 11.8 Å². The number of hydrogen-bond donors (Lipinski definition) is 1. The lowest BCUT2D eigenvalue weighted by Crippen LogP contribution is -2.30. The molecule has 1 aliphatic rings. The van der Waals surface area contributed by atoms with E-state index < -0.39 is 0 Å². The molecule has 108 valence electrons. The van der Waals surface area contributed by atoms with Crippen LogP contribution in [0, 0.1) is 0 Å². The van der Waals surface area contributed by atoms with Gasteiger partial charge in [0.2, 0.25) is 0 Å². The van der Waals surface area contributed by atoms with Crippen molar-refractivity contribution in [2.45, 2.75) is 25.0 Å². The molecule has 1 aromatic rings. The van der Waals surface area contributed by atoms with E-state index in [0.717, 1.165) is 18.6 Å². The molecule has 0 spiro atoms. The van der Waals surface area contributed by atoms with Crippen LogP contribution in [0.2, 0.25) is 0 Å². The quantitative estimate of drug-likeness (QED) is 0.618. The normalized spacial score (nSPS) is 15.6. The second kappa shape index (κ2) is 6.90. The number of carbonyl (C=O) groups excluding carboxylic acids is 2. The Morgan fingerprint density at radius 3 is 2.30 bits per heavy atom. The number of carbonyl (C=O) groups is 2. The van der Waals surface area contributed by atoms with Crippen LogP contribution in [-0.4, -0.2) is 46.0 Å². The van der Waals surface area contributed by atoms with Crippen molar-refractivity contribution in [3.8, 4) is 0 Å². The minimum absolute atomic E-state index is 0.179. The molecule has 0 aromatic heterocycles. The highest BCUT2D eigenvalue weighted by atomic mass is 32.2. The van der Waals surface area contributed by atoms with Crippen LogP contribution in [0.15, 0.2) is 24.3 Å². The van der Waals surface area contributed by atoms with Crippen LogP contribution in [0.1, 0.15) is 40.5 Å². The summed E-state index contributed by atoms with van der Waals surface area (Å²) >= 11 is 1.71. The molecule has 2 rings (SSSR count). The van der Waals surface area contributed by atoms with Gasteiger partial charge in [-0.25, -0.2) is 0 Å². The van der Waals surface area contributed by atoms with Gasteiger partial charge in [-0.05, 0) is 30.7 Å². The average Bonchev–Trinajstić information content (AvgIpc) is 2.71. The first kappa shape index (κ1) is 15.1. The van der Waals surface area contributed by atoms with Gasteiger partial charge < -0.3 is 5.11 Å². The number of aliphatic hydroxyl groups is 1. The molecule has 2 amide bonds. The molecule has 0 saturated heterocycles. The van der Waals surface area contributed by atoms with E-state index in [1.54, 1.807) is 36.0 Å². The average molecular weight is 293 g/mol. The lowest BCUT2D eigenvalue weighted by molar-refractivity contribution is 0.0652. The van der Waals surface area contributed by atoms with Crippen LogP contribution in [0.4, 0.5) is 0 Å². The van der Waals surface area contributed by atoms with Gasteiger partial charge in [-0.1, -0.05) is 19.1 Å². The number of rotatable bonds is 7. The van der Waals surface area contributed by atoms with E-state index in [4.69, 9.17) is 5.11 Å². The summed E-state index contributed by atoms with van der Waals surface area (Å²) in [5, 5.41) is 9.16. The third kappa shape index (κ3) is 3.22. The number of amides is 2. The highest BCUT2D eigenvalue weighted by molar-refractivity contribution is 7.99. The summed E-state index contributed by atoms with van der Waals surface area (Å²) in [5.74, 6) is 0.578. The number of thioether (sulfide) groups is 1. The fourth-order valence-electron chi connectivity index (χ4n) is 2.15. The van der Waals surface area contributed by atoms with Gasteiger partial charge in [0.15, 0.2) is 0 Å². The number of hydrogen-bond acceptors (Lipinski definition) is 4. The molecule has 0 radical (unpaired) electrons. The second-order valence-corrected chi connectivity index (χ2v) is 6.42. The topological polar surface area (TPSA) is 57.6 Å². The summed E-state index contributed by atoms with van der Waals surface area (Å²) in [6, 6.07) is 6.96. The van der Waals surface area contributed by atoms with E-state index in [-0.39, 0.29) is 23.7 Å². The Morgan fingerprint density at radius 2 is 1.75 bits per heavy atom. The van der Waals surface area contributed by atoms with Crippen LogP contribution in [0.25, 0.3) is 0 Å². The molecule has 0 saturated carbocycles. The second-order valence-electron chi connectivity index (χ2n) is 4.88. The smallest absolute Gasteiger partial charge is 0.261 e. The van der Waals surface area contributed by atoms with Gasteiger partial charge in [0.1, 0.15) is 0 Å². The zero-order valence-electron chi connectivity index (χ0n) is 11.5. The fourth-order valence-corrected chi connectivity index (χ4v) is 3.03. The highest BCUT2D eigenvalue weighted by Crippen LogP contribution is 2.23. The number of benzene rings is 1. The maximum atomic E-state index is 12.1. The van der Waals surface area contributed by atoms with Crippen molar-refractivity contribution in [1.29, 1.82) is 0 Å².